The first-order valence-corrected chi connectivity index (χ1v) is 11.8. The van der Waals surface area contributed by atoms with E-state index in [-0.39, 0.29) is 12.3 Å². The summed E-state index contributed by atoms with van der Waals surface area (Å²) in [5.41, 5.74) is 0.667. The standard InChI is InChI=1S/C26H37NO3/c1-2-3-4-5-6-7-8-9-10-11-12-13-14-15-16-21-24(28)27-25(29)22-19-17-18-20-23(22)26(27)30/h9-10,17-20H,2-8,11-16,21H2,1H3. The van der Waals surface area contributed by atoms with Gasteiger partial charge in [-0.1, -0.05) is 82.6 Å². The summed E-state index contributed by atoms with van der Waals surface area (Å²) < 4.78 is 0. The maximum Gasteiger partial charge on any atom is 0.268 e. The third-order valence-corrected chi connectivity index (χ3v) is 5.70. The van der Waals surface area contributed by atoms with Gasteiger partial charge in [-0.2, -0.15) is 0 Å². The monoisotopic (exact) mass is 411 g/mol. The molecule has 2 rings (SSSR count). The molecule has 0 saturated carbocycles. The van der Waals surface area contributed by atoms with Crippen molar-refractivity contribution in [1.29, 1.82) is 0 Å². The Kier molecular flexibility index (Phi) is 11.1. The summed E-state index contributed by atoms with van der Waals surface area (Å²) in [6.07, 6.45) is 20.4. The smallest absolute Gasteiger partial charge is 0.268 e. The lowest BCUT2D eigenvalue weighted by Gasteiger charge is -2.11. The normalized spacial score (nSPS) is 13.4. The molecule has 164 valence electrons. The van der Waals surface area contributed by atoms with Crippen LogP contribution in [0.4, 0.5) is 0 Å². The fourth-order valence-electron chi connectivity index (χ4n) is 3.87. The van der Waals surface area contributed by atoms with Crippen molar-refractivity contribution < 1.29 is 14.4 Å². The third-order valence-electron chi connectivity index (χ3n) is 5.70. The quantitative estimate of drug-likeness (QED) is 0.180. The highest BCUT2D eigenvalue weighted by Gasteiger charge is 2.38. The number of amides is 3. The first-order valence-electron chi connectivity index (χ1n) is 11.8. The van der Waals surface area contributed by atoms with Gasteiger partial charge in [-0.3, -0.25) is 14.4 Å². The second-order valence-corrected chi connectivity index (χ2v) is 8.22. The van der Waals surface area contributed by atoms with E-state index in [0.717, 1.165) is 37.0 Å². The summed E-state index contributed by atoms with van der Waals surface area (Å²) in [5, 5.41) is 0. The van der Waals surface area contributed by atoms with Crippen molar-refractivity contribution in [3.05, 3.63) is 47.5 Å². The Morgan fingerprint density at radius 1 is 0.733 bits per heavy atom. The van der Waals surface area contributed by atoms with Gasteiger partial charge in [-0.25, -0.2) is 4.90 Å². The lowest BCUT2D eigenvalue weighted by atomic mass is 10.1. The number of unbranched alkanes of at least 4 members (excludes halogenated alkanes) is 11. The molecule has 4 heteroatoms. The molecule has 1 aromatic rings. The van der Waals surface area contributed by atoms with E-state index in [4.69, 9.17) is 0 Å². The number of carbonyl (C=O) groups excluding carboxylic acids is 3. The van der Waals surface area contributed by atoms with Crippen molar-refractivity contribution in [2.24, 2.45) is 0 Å². The zero-order valence-corrected chi connectivity index (χ0v) is 18.5. The molecule has 30 heavy (non-hydrogen) atoms. The van der Waals surface area contributed by atoms with Gasteiger partial charge in [0.15, 0.2) is 0 Å². The molecular formula is C26H37NO3. The first-order chi connectivity index (χ1) is 14.7. The Balaban J connectivity index is 1.48. The zero-order valence-electron chi connectivity index (χ0n) is 18.5. The van der Waals surface area contributed by atoms with Gasteiger partial charge in [0.1, 0.15) is 0 Å². The number of hydrogen-bond acceptors (Lipinski definition) is 3. The molecule has 0 radical (unpaired) electrons. The molecule has 1 aromatic carbocycles. The average molecular weight is 412 g/mol. The van der Waals surface area contributed by atoms with Crippen LogP contribution < -0.4 is 0 Å². The van der Waals surface area contributed by atoms with Gasteiger partial charge in [0.2, 0.25) is 5.91 Å². The number of benzene rings is 1. The lowest BCUT2D eigenvalue weighted by Crippen LogP contribution is -2.35. The van der Waals surface area contributed by atoms with E-state index in [2.05, 4.69) is 19.1 Å². The fourth-order valence-corrected chi connectivity index (χ4v) is 3.87. The van der Waals surface area contributed by atoms with E-state index in [1.165, 1.54) is 51.4 Å². The van der Waals surface area contributed by atoms with Gasteiger partial charge in [0, 0.05) is 6.42 Å². The van der Waals surface area contributed by atoms with E-state index in [1.807, 2.05) is 0 Å². The molecule has 1 heterocycles. The Labute approximate surface area is 181 Å². The van der Waals surface area contributed by atoms with Gasteiger partial charge in [-0.15, -0.1) is 0 Å². The molecular weight excluding hydrogens is 374 g/mol. The van der Waals surface area contributed by atoms with Gasteiger partial charge in [0.05, 0.1) is 11.1 Å². The highest BCUT2D eigenvalue weighted by atomic mass is 16.2. The highest BCUT2D eigenvalue weighted by Crippen LogP contribution is 2.23. The van der Waals surface area contributed by atoms with Crippen molar-refractivity contribution in [2.75, 3.05) is 0 Å². The molecule has 0 saturated heterocycles. The predicted octanol–water partition coefficient (Wildman–Crippen LogP) is 6.85. The van der Waals surface area contributed by atoms with E-state index in [0.29, 0.717) is 11.1 Å². The van der Waals surface area contributed by atoms with E-state index < -0.39 is 11.8 Å². The Bertz CT molecular complexity index is 688. The Morgan fingerprint density at radius 3 is 1.73 bits per heavy atom. The predicted molar refractivity (Wildman–Crippen MR) is 121 cm³/mol. The molecule has 0 spiro atoms. The van der Waals surface area contributed by atoms with Crippen LogP contribution in [-0.4, -0.2) is 22.6 Å². The minimum atomic E-state index is -0.478. The second-order valence-electron chi connectivity index (χ2n) is 8.22. The average Bonchev–Trinajstić information content (AvgIpc) is 3.01. The Morgan fingerprint density at radius 2 is 1.20 bits per heavy atom. The third kappa shape index (κ3) is 7.55. The molecule has 1 aliphatic rings. The SMILES string of the molecule is CCCCCCCCC=CCCCCCCCC(=O)N1C(=O)c2ccccc2C1=O. The molecule has 0 N–H and O–H groups in total. The molecule has 0 aromatic heterocycles. The maximum atomic E-state index is 12.3. The van der Waals surface area contributed by atoms with Crippen molar-refractivity contribution in [2.45, 2.75) is 96.8 Å². The number of nitrogens with zero attached hydrogens (tertiary/aromatic N) is 1. The number of imide groups is 3. The highest BCUT2D eigenvalue weighted by molar-refractivity contribution is 6.28. The van der Waals surface area contributed by atoms with Crippen LogP contribution in [0.25, 0.3) is 0 Å². The number of fused-ring (bicyclic) bond motifs is 1. The number of hydrogen-bond donors (Lipinski definition) is 0. The second kappa shape index (κ2) is 13.9. The molecule has 0 aliphatic carbocycles. The number of allylic oxidation sites excluding steroid dienone is 2. The van der Waals surface area contributed by atoms with Crippen LogP contribution in [-0.2, 0) is 4.79 Å². The summed E-state index contributed by atoms with van der Waals surface area (Å²) in [6.45, 7) is 2.25. The van der Waals surface area contributed by atoms with Crippen LogP contribution in [0.3, 0.4) is 0 Å². The molecule has 0 atom stereocenters. The molecule has 3 amide bonds. The van der Waals surface area contributed by atoms with Crippen molar-refractivity contribution >= 4 is 17.7 Å². The molecule has 0 unspecified atom stereocenters. The Hall–Kier alpha value is -2.23. The van der Waals surface area contributed by atoms with Crippen LogP contribution in [0.1, 0.15) is 118 Å². The van der Waals surface area contributed by atoms with Gasteiger partial charge < -0.3 is 0 Å². The minimum absolute atomic E-state index is 0.254. The van der Waals surface area contributed by atoms with Crippen LogP contribution in [0.15, 0.2) is 36.4 Å². The summed E-state index contributed by atoms with van der Waals surface area (Å²) in [5.74, 6) is -1.33. The first kappa shape index (κ1) is 24.0. The van der Waals surface area contributed by atoms with Gasteiger partial charge >= 0.3 is 0 Å². The summed E-state index contributed by atoms with van der Waals surface area (Å²) in [4.78, 5) is 37.7. The lowest BCUT2D eigenvalue weighted by molar-refractivity contribution is -0.126. The topological polar surface area (TPSA) is 54.5 Å². The van der Waals surface area contributed by atoms with Crippen molar-refractivity contribution in [3.8, 4) is 0 Å². The van der Waals surface area contributed by atoms with Crippen LogP contribution in [0.5, 0.6) is 0 Å². The fraction of sp³-hybridized carbons (Fsp3) is 0.577. The summed E-state index contributed by atoms with van der Waals surface area (Å²) >= 11 is 0. The number of carbonyl (C=O) groups is 3. The molecule has 1 aliphatic heterocycles. The molecule has 4 nitrogen and oxygen atoms in total. The maximum absolute atomic E-state index is 12.3. The minimum Gasteiger partial charge on any atom is -0.274 e. The van der Waals surface area contributed by atoms with Crippen LogP contribution in [0, 0.1) is 0 Å². The molecule has 0 bridgehead atoms. The summed E-state index contributed by atoms with van der Waals surface area (Å²) in [6, 6.07) is 6.62. The van der Waals surface area contributed by atoms with Crippen molar-refractivity contribution in [3.63, 3.8) is 0 Å². The molecule has 0 fully saturated rings. The zero-order chi connectivity index (χ0) is 21.6. The van der Waals surface area contributed by atoms with Crippen LogP contribution in [0.2, 0.25) is 0 Å². The number of rotatable bonds is 15. The largest absolute Gasteiger partial charge is 0.274 e. The summed E-state index contributed by atoms with van der Waals surface area (Å²) in [7, 11) is 0. The van der Waals surface area contributed by atoms with Crippen molar-refractivity contribution in [1.82, 2.24) is 4.90 Å². The van der Waals surface area contributed by atoms with E-state index >= 15 is 0 Å². The van der Waals surface area contributed by atoms with Gasteiger partial charge in [0.25, 0.3) is 11.8 Å². The van der Waals surface area contributed by atoms with Crippen LogP contribution >= 0.6 is 0 Å². The van der Waals surface area contributed by atoms with E-state index in [1.54, 1.807) is 24.3 Å². The van der Waals surface area contributed by atoms with Gasteiger partial charge in [-0.05, 0) is 44.2 Å². The van der Waals surface area contributed by atoms with E-state index in [9.17, 15) is 14.4 Å².